The number of hydrogen-bond acceptors (Lipinski definition) is 4. The number of carbonyl (C=O) groups excluding carboxylic acids is 1. The van der Waals surface area contributed by atoms with E-state index >= 15 is 0 Å². The van der Waals surface area contributed by atoms with Gasteiger partial charge in [0.1, 0.15) is 12.4 Å². The molecular formula is C4H8O4. The van der Waals surface area contributed by atoms with Crippen molar-refractivity contribution in [1.82, 2.24) is 0 Å². The summed E-state index contributed by atoms with van der Waals surface area (Å²) in [5.41, 5.74) is 0. The van der Waals surface area contributed by atoms with E-state index in [9.17, 15) is 4.79 Å². The fourth-order valence-electron chi connectivity index (χ4n) is 0.272. The first-order valence-electron chi connectivity index (χ1n) is 2.16. The topological polar surface area (TPSA) is 77.8 Å². The molecule has 1 unspecified atom stereocenters. The summed E-state index contributed by atoms with van der Waals surface area (Å²) >= 11 is 0. The third-order valence-electron chi connectivity index (χ3n) is 0.609. The number of hydrogen-bond donors (Lipinski definition) is 3. The molecule has 3 N–H and O–H groups in total. The lowest BCUT2D eigenvalue weighted by atomic mass is 10.3. The van der Waals surface area contributed by atoms with Crippen LogP contribution in [0.5, 0.6) is 0 Å². The highest BCUT2D eigenvalue weighted by molar-refractivity contribution is 5.55. The van der Waals surface area contributed by atoms with Crippen LogP contribution in [0.4, 0.5) is 0 Å². The Hall–Kier alpha value is -0.450. The van der Waals surface area contributed by atoms with E-state index in [-0.39, 0.29) is 12.7 Å². The van der Waals surface area contributed by atoms with Gasteiger partial charge in [-0.2, -0.15) is 0 Å². The number of aldehydes is 1. The zero-order valence-electron chi connectivity index (χ0n) is 4.19. The summed E-state index contributed by atoms with van der Waals surface area (Å²) in [5.74, 6) is 0. The van der Waals surface area contributed by atoms with Crippen LogP contribution in [0.15, 0.2) is 0 Å². The SMILES string of the molecule is O=CC(O)CC(O)O. The van der Waals surface area contributed by atoms with E-state index in [1.165, 1.54) is 0 Å². The maximum absolute atomic E-state index is 9.57. The largest absolute Gasteiger partial charge is 0.385 e. The van der Waals surface area contributed by atoms with Gasteiger partial charge < -0.3 is 20.1 Å². The van der Waals surface area contributed by atoms with Crippen molar-refractivity contribution in [2.24, 2.45) is 0 Å². The van der Waals surface area contributed by atoms with Gasteiger partial charge in [0.05, 0.1) is 0 Å². The maximum atomic E-state index is 9.57. The quantitative estimate of drug-likeness (QED) is 0.305. The predicted molar refractivity (Wildman–Crippen MR) is 24.9 cm³/mol. The molecule has 0 aliphatic carbocycles. The second-order valence-electron chi connectivity index (χ2n) is 1.42. The first kappa shape index (κ1) is 7.55. The van der Waals surface area contributed by atoms with Crippen LogP contribution in [-0.4, -0.2) is 34.0 Å². The van der Waals surface area contributed by atoms with Crippen LogP contribution in [0.25, 0.3) is 0 Å². The molecule has 0 aliphatic heterocycles. The maximum Gasteiger partial charge on any atom is 0.154 e. The third-order valence-corrected chi connectivity index (χ3v) is 0.609. The molecule has 0 saturated carbocycles. The molecule has 0 amide bonds. The molecule has 0 aromatic carbocycles. The minimum Gasteiger partial charge on any atom is -0.385 e. The van der Waals surface area contributed by atoms with Gasteiger partial charge >= 0.3 is 0 Å². The predicted octanol–water partition coefficient (Wildman–Crippen LogP) is -1.75. The van der Waals surface area contributed by atoms with Crippen LogP contribution in [0, 0.1) is 0 Å². The molecule has 0 aromatic heterocycles. The molecule has 0 bridgehead atoms. The second-order valence-corrected chi connectivity index (χ2v) is 1.42. The molecule has 4 heteroatoms. The van der Waals surface area contributed by atoms with E-state index < -0.39 is 12.4 Å². The number of carbonyl (C=O) groups is 1. The first-order valence-corrected chi connectivity index (χ1v) is 2.16. The Balaban J connectivity index is 3.23. The molecule has 8 heavy (non-hydrogen) atoms. The Morgan fingerprint density at radius 1 is 1.38 bits per heavy atom. The highest BCUT2D eigenvalue weighted by Crippen LogP contribution is 1.89. The molecule has 0 rings (SSSR count). The lowest BCUT2D eigenvalue weighted by molar-refractivity contribution is -0.121. The fourth-order valence-corrected chi connectivity index (χ4v) is 0.272. The van der Waals surface area contributed by atoms with E-state index in [2.05, 4.69) is 0 Å². The Kier molecular flexibility index (Phi) is 3.34. The first-order chi connectivity index (χ1) is 3.66. The smallest absolute Gasteiger partial charge is 0.154 e. The normalized spacial score (nSPS) is 14.0. The van der Waals surface area contributed by atoms with E-state index in [4.69, 9.17) is 15.3 Å². The Labute approximate surface area is 46.4 Å². The zero-order valence-corrected chi connectivity index (χ0v) is 4.19. The van der Waals surface area contributed by atoms with Crippen LogP contribution >= 0.6 is 0 Å². The van der Waals surface area contributed by atoms with Crippen LogP contribution < -0.4 is 0 Å². The van der Waals surface area contributed by atoms with Gasteiger partial charge in [-0.3, -0.25) is 0 Å². The van der Waals surface area contributed by atoms with Crippen molar-refractivity contribution in [2.45, 2.75) is 18.8 Å². The molecule has 48 valence electrons. The summed E-state index contributed by atoms with van der Waals surface area (Å²) in [7, 11) is 0. The molecule has 0 spiro atoms. The summed E-state index contributed by atoms with van der Waals surface area (Å²) in [6.07, 6.45) is -2.92. The average molecular weight is 120 g/mol. The fraction of sp³-hybridized carbons (Fsp3) is 0.750. The number of rotatable bonds is 3. The summed E-state index contributed by atoms with van der Waals surface area (Å²) in [5, 5.41) is 24.5. The molecule has 1 atom stereocenters. The lowest BCUT2D eigenvalue weighted by Crippen LogP contribution is -2.17. The van der Waals surface area contributed by atoms with Crippen molar-refractivity contribution >= 4 is 6.29 Å². The van der Waals surface area contributed by atoms with Crippen molar-refractivity contribution in [2.75, 3.05) is 0 Å². The van der Waals surface area contributed by atoms with Crippen LogP contribution in [0.1, 0.15) is 6.42 Å². The molecule has 0 aromatic rings. The summed E-state index contributed by atoms with van der Waals surface area (Å²) < 4.78 is 0. The summed E-state index contributed by atoms with van der Waals surface area (Å²) in [4.78, 5) is 9.57. The highest BCUT2D eigenvalue weighted by Gasteiger charge is 2.05. The van der Waals surface area contributed by atoms with Gasteiger partial charge in [-0.1, -0.05) is 0 Å². The van der Waals surface area contributed by atoms with Gasteiger partial charge in [0, 0.05) is 6.42 Å². The van der Waals surface area contributed by atoms with Crippen molar-refractivity contribution in [1.29, 1.82) is 0 Å². The molecule has 0 heterocycles. The van der Waals surface area contributed by atoms with Crippen LogP contribution in [-0.2, 0) is 4.79 Å². The average Bonchev–Trinajstić information content (AvgIpc) is 1.65. The standard InChI is InChI=1S/C4H8O4/c5-2-3(6)1-4(7)8/h2-4,6-8H,1H2. The third kappa shape index (κ3) is 3.73. The lowest BCUT2D eigenvalue weighted by Gasteiger charge is -2.02. The van der Waals surface area contributed by atoms with Gasteiger partial charge in [-0.15, -0.1) is 0 Å². The van der Waals surface area contributed by atoms with Crippen LogP contribution in [0.2, 0.25) is 0 Å². The van der Waals surface area contributed by atoms with Crippen molar-refractivity contribution in [3.63, 3.8) is 0 Å². The summed E-state index contributed by atoms with van der Waals surface area (Å²) in [6.45, 7) is 0. The van der Waals surface area contributed by atoms with Crippen molar-refractivity contribution in [3.8, 4) is 0 Å². The molecule has 4 nitrogen and oxygen atoms in total. The summed E-state index contributed by atoms with van der Waals surface area (Å²) in [6, 6.07) is 0. The van der Waals surface area contributed by atoms with Gasteiger partial charge in [0.25, 0.3) is 0 Å². The monoisotopic (exact) mass is 120 g/mol. The van der Waals surface area contributed by atoms with Gasteiger partial charge in [-0.05, 0) is 0 Å². The van der Waals surface area contributed by atoms with E-state index in [0.29, 0.717) is 0 Å². The molecule has 0 radical (unpaired) electrons. The van der Waals surface area contributed by atoms with Gasteiger partial charge in [-0.25, -0.2) is 0 Å². The van der Waals surface area contributed by atoms with Crippen LogP contribution in [0.3, 0.4) is 0 Å². The van der Waals surface area contributed by atoms with Gasteiger partial charge in [0.15, 0.2) is 6.29 Å². The van der Waals surface area contributed by atoms with Gasteiger partial charge in [0.2, 0.25) is 0 Å². The minimum absolute atomic E-state index is 0.249. The Bertz CT molecular complexity index is 70.4. The molecule has 0 aliphatic rings. The van der Waals surface area contributed by atoms with E-state index in [1.807, 2.05) is 0 Å². The molecular weight excluding hydrogens is 112 g/mol. The number of aliphatic hydroxyl groups is 3. The van der Waals surface area contributed by atoms with Crippen molar-refractivity contribution < 1.29 is 20.1 Å². The molecule has 0 fully saturated rings. The Morgan fingerprint density at radius 3 is 2.00 bits per heavy atom. The molecule has 0 saturated heterocycles. The highest BCUT2D eigenvalue weighted by atomic mass is 16.5. The zero-order chi connectivity index (χ0) is 6.57. The number of aliphatic hydroxyl groups excluding tert-OH is 2. The van der Waals surface area contributed by atoms with E-state index in [0.717, 1.165) is 0 Å². The minimum atomic E-state index is -1.60. The van der Waals surface area contributed by atoms with E-state index in [1.54, 1.807) is 0 Å². The Morgan fingerprint density at radius 2 is 1.88 bits per heavy atom. The second kappa shape index (κ2) is 3.54. The van der Waals surface area contributed by atoms with Crippen molar-refractivity contribution in [3.05, 3.63) is 0 Å².